The van der Waals surface area contributed by atoms with Gasteiger partial charge in [-0.05, 0) is 39.5 Å². The highest BCUT2D eigenvalue weighted by atomic mass is 19.4. The molecule has 0 aliphatic carbocycles. The van der Waals surface area contributed by atoms with Crippen molar-refractivity contribution in [3.8, 4) is 0 Å². The second-order valence-electron chi connectivity index (χ2n) is 6.23. The fourth-order valence-electron chi connectivity index (χ4n) is 2.32. The summed E-state index contributed by atoms with van der Waals surface area (Å²) < 4.78 is 44.0. The van der Waals surface area contributed by atoms with Crippen molar-refractivity contribution in [1.29, 1.82) is 0 Å². The van der Waals surface area contributed by atoms with Gasteiger partial charge in [0.2, 0.25) is 0 Å². The Labute approximate surface area is 121 Å². The molecule has 1 amide bonds. The van der Waals surface area contributed by atoms with Gasteiger partial charge in [-0.1, -0.05) is 0 Å². The Bertz CT molecular complexity index is 403. The largest absolute Gasteiger partial charge is 0.481 e. The molecule has 0 bridgehead atoms. The predicted molar refractivity (Wildman–Crippen MR) is 67.8 cm³/mol. The zero-order valence-corrected chi connectivity index (χ0v) is 12.2. The number of aliphatic carboxylic acids is 1. The number of carbonyl (C=O) groups excluding carboxylic acids is 1. The zero-order valence-electron chi connectivity index (χ0n) is 12.2. The zero-order chi connectivity index (χ0) is 16.4. The summed E-state index contributed by atoms with van der Waals surface area (Å²) >= 11 is 0. The van der Waals surface area contributed by atoms with E-state index in [1.807, 2.05) is 0 Å². The number of carbonyl (C=O) groups is 2. The number of carboxylic acid groups (broad SMARTS) is 1. The first kappa shape index (κ1) is 17.6. The van der Waals surface area contributed by atoms with E-state index in [4.69, 9.17) is 9.84 Å². The predicted octanol–water partition coefficient (Wildman–Crippen LogP) is 3.04. The minimum atomic E-state index is -4.55. The van der Waals surface area contributed by atoms with Gasteiger partial charge in [-0.2, -0.15) is 13.2 Å². The van der Waals surface area contributed by atoms with E-state index in [0.29, 0.717) is 4.90 Å². The number of piperidine rings is 1. The fourth-order valence-corrected chi connectivity index (χ4v) is 2.32. The average molecular weight is 311 g/mol. The minimum Gasteiger partial charge on any atom is -0.481 e. The molecule has 2 atom stereocenters. The molecule has 122 valence electrons. The minimum absolute atomic E-state index is 0.121. The van der Waals surface area contributed by atoms with Crippen LogP contribution in [0.5, 0.6) is 0 Å². The summed E-state index contributed by atoms with van der Waals surface area (Å²) in [7, 11) is 0. The summed E-state index contributed by atoms with van der Waals surface area (Å²) in [6.07, 6.45) is -6.05. The van der Waals surface area contributed by atoms with Crippen LogP contribution in [0.25, 0.3) is 0 Å². The number of alkyl halides is 3. The van der Waals surface area contributed by atoms with Crippen LogP contribution in [-0.2, 0) is 9.53 Å². The van der Waals surface area contributed by atoms with Gasteiger partial charge in [0, 0.05) is 13.0 Å². The summed E-state index contributed by atoms with van der Waals surface area (Å²) in [5, 5.41) is 8.75. The van der Waals surface area contributed by atoms with Crippen LogP contribution in [0.4, 0.5) is 18.0 Å². The summed E-state index contributed by atoms with van der Waals surface area (Å²) in [4.78, 5) is 23.3. The molecular formula is C13H20F3NO4. The third kappa shape index (κ3) is 5.43. The molecule has 21 heavy (non-hydrogen) atoms. The highest BCUT2D eigenvalue weighted by Crippen LogP contribution is 2.35. The topological polar surface area (TPSA) is 66.8 Å². The van der Waals surface area contributed by atoms with Crippen LogP contribution in [0.3, 0.4) is 0 Å². The maximum atomic E-state index is 13.0. The second-order valence-corrected chi connectivity index (χ2v) is 6.23. The first-order chi connectivity index (χ1) is 9.40. The van der Waals surface area contributed by atoms with Crippen LogP contribution in [-0.4, -0.2) is 46.4 Å². The monoisotopic (exact) mass is 311 g/mol. The molecule has 0 aromatic carbocycles. The number of hydrogen-bond donors (Lipinski definition) is 1. The Morgan fingerprint density at radius 1 is 1.24 bits per heavy atom. The molecular weight excluding hydrogens is 291 g/mol. The number of likely N-dealkylation sites (tertiary alicyclic amines) is 1. The number of amides is 1. The highest BCUT2D eigenvalue weighted by molar-refractivity contribution is 5.70. The molecule has 1 aliphatic rings. The van der Waals surface area contributed by atoms with E-state index in [9.17, 15) is 22.8 Å². The first-order valence-electron chi connectivity index (χ1n) is 6.68. The van der Waals surface area contributed by atoms with E-state index in [1.54, 1.807) is 20.8 Å². The van der Waals surface area contributed by atoms with Crippen molar-refractivity contribution in [2.45, 2.75) is 57.9 Å². The van der Waals surface area contributed by atoms with Crippen molar-refractivity contribution in [1.82, 2.24) is 4.90 Å². The summed E-state index contributed by atoms with van der Waals surface area (Å²) in [6.45, 7) is 4.43. The molecule has 8 heteroatoms. The molecule has 0 radical (unpaired) electrons. The molecule has 1 N–H and O–H groups in total. The third-order valence-corrected chi connectivity index (χ3v) is 3.15. The second kappa shape index (κ2) is 6.11. The van der Waals surface area contributed by atoms with Crippen molar-refractivity contribution < 1.29 is 32.6 Å². The van der Waals surface area contributed by atoms with E-state index < -0.39 is 35.8 Å². The first-order valence-corrected chi connectivity index (χ1v) is 6.68. The van der Waals surface area contributed by atoms with Crippen LogP contribution in [0.15, 0.2) is 0 Å². The Balaban J connectivity index is 2.88. The lowest BCUT2D eigenvalue weighted by Crippen LogP contribution is -2.54. The van der Waals surface area contributed by atoms with Crippen LogP contribution < -0.4 is 0 Å². The lowest BCUT2D eigenvalue weighted by Gasteiger charge is -2.40. The van der Waals surface area contributed by atoms with Crippen molar-refractivity contribution >= 4 is 12.1 Å². The lowest BCUT2D eigenvalue weighted by molar-refractivity contribution is -0.191. The molecule has 1 fully saturated rings. The lowest BCUT2D eigenvalue weighted by atomic mass is 9.90. The molecule has 5 nitrogen and oxygen atoms in total. The van der Waals surface area contributed by atoms with Crippen molar-refractivity contribution in [2.75, 3.05) is 6.54 Å². The quantitative estimate of drug-likeness (QED) is 0.851. The van der Waals surface area contributed by atoms with Gasteiger partial charge < -0.3 is 9.84 Å². The van der Waals surface area contributed by atoms with Gasteiger partial charge in [0.1, 0.15) is 11.6 Å². The maximum absolute atomic E-state index is 13.0. The van der Waals surface area contributed by atoms with Gasteiger partial charge in [0.05, 0.1) is 0 Å². The summed E-state index contributed by atoms with van der Waals surface area (Å²) in [5.41, 5.74) is -0.910. The number of carboxylic acids is 1. The number of rotatable bonds is 2. The van der Waals surface area contributed by atoms with Gasteiger partial charge in [-0.15, -0.1) is 0 Å². The molecule has 0 aromatic rings. The van der Waals surface area contributed by atoms with Crippen molar-refractivity contribution in [3.63, 3.8) is 0 Å². The Morgan fingerprint density at radius 2 is 1.81 bits per heavy atom. The van der Waals surface area contributed by atoms with E-state index in [1.165, 1.54) is 0 Å². The number of hydrogen-bond acceptors (Lipinski definition) is 3. The normalized spacial score (nSPS) is 23.8. The Hall–Kier alpha value is -1.47. The number of halogens is 3. The van der Waals surface area contributed by atoms with Crippen molar-refractivity contribution in [3.05, 3.63) is 0 Å². The molecule has 1 aliphatic heterocycles. The molecule has 0 saturated carbocycles. The van der Waals surface area contributed by atoms with E-state index >= 15 is 0 Å². The molecule has 1 saturated heterocycles. The number of ether oxygens (including phenoxy) is 1. The van der Waals surface area contributed by atoms with E-state index in [2.05, 4.69) is 0 Å². The number of nitrogens with zero attached hydrogens (tertiary/aromatic N) is 1. The van der Waals surface area contributed by atoms with Gasteiger partial charge in [-0.3, -0.25) is 9.69 Å². The molecule has 1 heterocycles. The van der Waals surface area contributed by atoms with Gasteiger partial charge in [0.25, 0.3) is 0 Å². The average Bonchev–Trinajstić information content (AvgIpc) is 2.24. The van der Waals surface area contributed by atoms with Crippen LogP contribution in [0, 0.1) is 5.92 Å². The van der Waals surface area contributed by atoms with Crippen LogP contribution in [0.1, 0.15) is 40.0 Å². The van der Waals surface area contributed by atoms with Gasteiger partial charge >= 0.3 is 18.2 Å². The SMILES string of the molecule is CC(C)(C)OC(=O)N1C[C@H](CC(=O)O)CC[C@@H]1C(F)(F)F. The molecule has 0 spiro atoms. The summed E-state index contributed by atoms with van der Waals surface area (Å²) in [6, 6.07) is -1.92. The van der Waals surface area contributed by atoms with Gasteiger partial charge in [0.15, 0.2) is 0 Å². The van der Waals surface area contributed by atoms with E-state index in [0.717, 1.165) is 0 Å². The fraction of sp³-hybridized carbons (Fsp3) is 0.846. The van der Waals surface area contributed by atoms with Gasteiger partial charge in [-0.25, -0.2) is 4.79 Å². The standard InChI is InChI=1S/C13H20F3NO4/c1-12(2,3)21-11(20)17-7-8(6-10(18)19)4-5-9(17)13(14,15)16/h8-9H,4-7H2,1-3H3,(H,18,19)/t8-,9+/m0/s1. The smallest absolute Gasteiger partial charge is 0.410 e. The van der Waals surface area contributed by atoms with E-state index in [-0.39, 0.29) is 25.8 Å². The van der Waals surface area contributed by atoms with Crippen LogP contribution >= 0.6 is 0 Å². The van der Waals surface area contributed by atoms with Crippen LogP contribution in [0.2, 0.25) is 0 Å². The maximum Gasteiger partial charge on any atom is 0.410 e. The Morgan fingerprint density at radius 3 is 2.24 bits per heavy atom. The third-order valence-electron chi connectivity index (χ3n) is 3.15. The highest BCUT2D eigenvalue weighted by Gasteiger charge is 2.49. The molecule has 0 aromatic heterocycles. The van der Waals surface area contributed by atoms with Crippen molar-refractivity contribution in [2.24, 2.45) is 5.92 Å². The molecule has 1 rings (SSSR count). The summed E-state index contributed by atoms with van der Waals surface area (Å²) in [5.74, 6) is -1.58. The molecule has 0 unspecified atom stereocenters. The Kier molecular flexibility index (Phi) is 5.11.